The molecule has 0 spiro atoms. The summed E-state index contributed by atoms with van der Waals surface area (Å²) in [5.74, 6) is -0.0926. The van der Waals surface area contributed by atoms with Crippen LogP contribution in [0.15, 0.2) is 12.1 Å². The Balaban J connectivity index is 1.65. The predicted octanol–water partition coefficient (Wildman–Crippen LogP) is 3.94. The molecule has 2 atom stereocenters. The number of halogens is 1. The van der Waals surface area contributed by atoms with E-state index in [2.05, 4.69) is 20.8 Å². The molecular weight excluding hydrogens is 382 g/mol. The van der Waals surface area contributed by atoms with Crippen molar-refractivity contribution < 1.29 is 23.8 Å². The van der Waals surface area contributed by atoms with Gasteiger partial charge in [0.1, 0.15) is 0 Å². The average molecular weight is 410 g/mol. The number of likely N-dealkylation sites (tertiary alicyclic amines) is 1. The molecule has 2 aliphatic rings. The highest BCUT2D eigenvalue weighted by atomic mass is 35.5. The highest BCUT2D eigenvalue weighted by molar-refractivity contribution is 6.32. The van der Waals surface area contributed by atoms with Crippen LogP contribution < -0.4 is 9.47 Å². The molecule has 7 heteroatoms. The summed E-state index contributed by atoms with van der Waals surface area (Å²) in [4.78, 5) is 27.1. The van der Waals surface area contributed by atoms with Crippen molar-refractivity contribution >= 4 is 23.5 Å². The van der Waals surface area contributed by atoms with E-state index in [4.69, 9.17) is 25.8 Å². The number of ether oxygens (including phenoxy) is 3. The van der Waals surface area contributed by atoms with Gasteiger partial charge in [-0.05, 0) is 42.2 Å². The Morgan fingerprint density at radius 3 is 2.54 bits per heavy atom. The number of esters is 1. The molecule has 2 bridgehead atoms. The van der Waals surface area contributed by atoms with Gasteiger partial charge in [-0.2, -0.15) is 0 Å². The Kier molecular flexibility index (Phi) is 5.54. The largest absolute Gasteiger partial charge is 0.493 e. The molecule has 28 heavy (non-hydrogen) atoms. The van der Waals surface area contributed by atoms with Crippen molar-refractivity contribution in [3.05, 3.63) is 22.7 Å². The van der Waals surface area contributed by atoms with E-state index in [-0.39, 0.29) is 40.0 Å². The van der Waals surface area contributed by atoms with Crippen LogP contribution in [0.1, 0.15) is 50.4 Å². The van der Waals surface area contributed by atoms with Gasteiger partial charge in [-0.25, -0.2) is 4.79 Å². The van der Waals surface area contributed by atoms with Crippen molar-refractivity contribution in [2.45, 2.75) is 46.1 Å². The van der Waals surface area contributed by atoms with E-state index in [9.17, 15) is 9.59 Å². The molecule has 0 unspecified atom stereocenters. The van der Waals surface area contributed by atoms with Crippen molar-refractivity contribution in [2.75, 3.05) is 27.4 Å². The molecule has 1 saturated heterocycles. The molecule has 0 N–H and O–H groups in total. The van der Waals surface area contributed by atoms with Crippen LogP contribution in [0.2, 0.25) is 5.02 Å². The minimum atomic E-state index is -0.620. The van der Waals surface area contributed by atoms with Gasteiger partial charge in [0.05, 0.1) is 24.8 Å². The van der Waals surface area contributed by atoms with Crippen LogP contribution in [0.4, 0.5) is 0 Å². The molecule has 1 heterocycles. The molecule has 2 fully saturated rings. The minimum Gasteiger partial charge on any atom is -0.493 e. The number of amides is 1. The lowest BCUT2D eigenvalue weighted by molar-refractivity contribution is -0.135. The average Bonchev–Trinajstić information content (AvgIpc) is 2.87. The van der Waals surface area contributed by atoms with Crippen molar-refractivity contribution in [3.8, 4) is 11.5 Å². The Labute approximate surface area is 171 Å². The van der Waals surface area contributed by atoms with Crippen molar-refractivity contribution in [1.82, 2.24) is 4.90 Å². The molecule has 1 aliphatic heterocycles. The highest BCUT2D eigenvalue weighted by Gasteiger charge is 2.50. The van der Waals surface area contributed by atoms with Crippen LogP contribution in [0.25, 0.3) is 0 Å². The molecule has 1 aromatic rings. The summed E-state index contributed by atoms with van der Waals surface area (Å²) >= 11 is 6.14. The fourth-order valence-electron chi connectivity index (χ4n) is 5.08. The van der Waals surface area contributed by atoms with E-state index in [1.807, 2.05) is 4.90 Å². The van der Waals surface area contributed by atoms with Gasteiger partial charge in [-0.1, -0.05) is 32.4 Å². The molecule has 0 radical (unpaired) electrons. The summed E-state index contributed by atoms with van der Waals surface area (Å²) in [6.07, 6.45) is 3.10. The summed E-state index contributed by atoms with van der Waals surface area (Å²) < 4.78 is 15.6. The number of carbonyl (C=O) groups excluding carboxylic acids is 2. The lowest BCUT2D eigenvalue weighted by Gasteiger charge is -2.39. The molecular formula is C21H28ClNO5. The van der Waals surface area contributed by atoms with Gasteiger partial charge in [0.25, 0.3) is 5.91 Å². The first-order valence-corrected chi connectivity index (χ1v) is 9.83. The number of benzene rings is 1. The zero-order chi connectivity index (χ0) is 20.7. The van der Waals surface area contributed by atoms with Crippen LogP contribution in [0, 0.1) is 10.8 Å². The summed E-state index contributed by atoms with van der Waals surface area (Å²) in [6, 6.07) is 3.15. The maximum absolute atomic E-state index is 12.7. The normalized spacial score (nSPS) is 25.4. The Hall–Kier alpha value is -1.95. The first-order valence-electron chi connectivity index (χ1n) is 9.46. The number of nitrogens with zero attached hydrogens (tertiary/aromatic N) is 1. The molecule has 1 saturated carbocycles. The van der Waals surface area contributed by atoms with Crippen LogP contribution in [0.3, 0.4) is 0 Å². The third-order valence-electron chi connectivity index (χ3n) is 5.73. The lowest BCUT2D eigenvalue weighted by atomic mass is 9.65. The fourth-order valence-corrected chi connectivity index (χ4v) is 5.37. The Morgan fingerprint density at radius 1 is 1.18 bits per heavy atom. The zero-order valence-electron chi connectivity index (χ0n) is 17.1. The second kappa shape index (κ2) is 7.47. The number of methoxy groups -OCH3 is 2. The SMILES string of the molecule is COc1cc(C(=O)OCC(=O)N2C[C@@]3(C)C[C@H]2CC(C)(C)C3)cc(Cl)c1OC. The maximum Gasteiger partial charge on any atom is 0.338 e. The number of hydrogen-bond acceptors (Lipinski definition) is 5. The van der Waals surface area contributed by atoms with Gasteiger partial charge in [-0.3, -0.25) is 4.79 Å². The molecule has 3 rings (SSSR count). The van der Waals surface area contributed by atoms with E-state index in [0.29, 0.717) is 11.5 Å². The van der Waals surface area contributed by atoms with Gasteiger partial charge in [-0.15, -0.1) is 0 Å². The summed E-state index contributed by atoms with van der Waals surface area (Å²) in [5.41, 5.74) is 0.576. The van der Waals surface area contributed by atoms with E-state index in [1.54, 1.807) is 0 Å². The van der Waals surface area contributed by atoms with E-state index < -0.39 is 5.97 Å². The third-order valence-corrected chi connectivity index (χ3v) is 6.01. The van der Waals surface area contributed by atoms with Gasteiger partial charge >= 0.3 is 5.97 Å². The third kappa shape index (κ3) is 4.07. The zero-order valence-corrected chi connectivity index (χ0v) is 17.9. The first kappa shape index (κ1) is 20.8. The van der Waals surface area contributed by atoms with Gasteiger partial charge in [0, 0.05) is 12.6 Å². The monoisotopic (exact) mass is 409 g/mol. The van der Waals surface area contributed by atoms with Gasteiger partial charge in [0.2, 0.25) is 0 Å². The van der Waals surface area contributed by atoms with Crippen molar-refractivity contribution in [1.29, 1.82) is 0 Å². The lowest BCUT2D eigenvalue weighted by Crippen LogP contribution is -2.39. The summed E-state index contributed by atoms with van der Waals surface area (Å²) in [5, 5.41) is 0.239. The second-order valence-electron chi connectivity index (χ2n) is 9.01. The topological polar surface area (TPSA) is 65.1 Å². The quantitative estimate of drug-likeness (QED) is 0.689. The van der Waals surface area contributed by atoms with Crippen LogP contribution in [-0.2, 0) is 9.53 Å². The maximum atomic E-state index is 12.7. The summed E-state index contributed by atoms with van der Waals surface area (Å²) in [7, 11) is 2.93. The van der Waals surface area contributed by atoms with Crippen LogP contribution >= 0.6 is 11.6 Å². The van der Waals surface area contributed by atoms with E-state index in [1.165, 1.54) is 26.4 Å². The number of hydrogen-bond donors (Lipinski definition) is 0. The molecule has 154 valence electrons. The number of fused-ring (bicyclic) bond motifs is 2. The van der Waals surface area contributed by atoms with Crippen LogP contribution in [-0.4, -0.2) is 50.2 Å². The van der Waals surface area contributed by atoms with Gasteiger partial charge in [0.15, 0.2) is 18.1 Å². The molecule has 6 nitrogen and oxygen atoms in total. The highest BCUT2D eigenvalue weighted by Crippen LogP contribution is 2.52. The number of carbonyl (C=O) groups is 2. The fraction of sp³-hybridized carbons (Fsp3) is 0.619. The molecule has 0 aromatic heterocycles. The number of rotatable bonds is 5. The smallest absolute Gasteiger partial charge is 0.338 e. The van der Waals surface area contributed by atoms with Crippen LogP contribution in [0.5, 0.6) is 11.5 Å². The Morgan fingerprint density at radius 2 is 1.89 bits per heavy atom. The van der Waals surface area contributed by atoms with Gasteiger partial charge < -0.3 is 19.1 Å². The molecule has 1 aliphatic carbocycles. The van der Waals surface area contributed by atoms with Crippen molar-refractivity contribution in [3.63, 3.8) is 0 Å². The molecule has 1 aromatic carbocycles. The van der Waals surface area contributed by atoms with Crippen molar-refractivity contribution in [2.24, 2.45) is 10.8 Å². The van der Waals surface area contributed by atoms with E-state index >= 15 is 0 Å². The second-order valence-corrected chi connectivity index (χ2v) is 9.41. The first-order chi connectivity index (χ1) is 13.1. The Bertz CT molecular complexity index is 793. The standard InChI is InChI=1S/C21H28ClNO5/c1-20(2)8-14-9-21(3,11-20)12-23(14)17(24)10-28-19(25)13-6-15(22)18(27-5)16(7-13)26-4/h6-7,14H,8-12H2,1-5H3/t14-,21+/m1/s1. The minimum absolute atomic E-state index is 0.142. The predicted molar refractivity (Wildman–Crippen MR) is 106 cm³/mol. The molecule has 1 amide bonds. The van der Waals surface area contributed by atoms with E-state index in [0.717, 1.165) is 25.8 Å². The summed E-state index contributed by atoms with van der Waals surface area (Å²) in [6.45, 7) is 7.20.